The first-order valence-electron chi connectivity index (χ1n) is 7.79. The predicted molar refractivity (Wildman–Crippen MR) is 87.1 cm³/mol. The van der Waals surface area contributed by atoms with E-state index < -0.39 is 42.7 Å². The molecule has 136 valence electrons. The molecule has 0 aromatic carbocycles. The van der Waals surface area contributed by atoms with Gasteiger partial charge in [0, 0.05) is 6.20 Å². The molecular weight excluding hydrogens is 330 g/mol. The average molecular weight is 351 g/mol. The molecule has 5 atom stereocenters. The Hall–Kier alpha value is -2.27. The first kappa shape index (κ1) is 17.5. The van der Waals surface area contributed by atoms with Crippen LogP contribution in [0.15, 0.2) is 18.6 Å². The number of rotatable bonds is 4. The molecule has 1 aliphatic heterocycles. The zero-order chi connectivity index (χ0) is 18.4. The van der Waals surface area contributed by atoms with Crippen LogP contribution in [0.1, 0.15) is 20.1 Å². The van der Waals surface area contributed by atoms with Crippen molar-refractivity contribution in [1.29, 1.82) is 0 Å². The summed E-state index contributed by atoms with van der Waals surface area (Å²) in [6.07, 6.45) is -0.0344. The Kier molecular flexibility index (Phi) is 4.37. The van der Waals surface area contributed by atoms with Crippen molar-refractivity contribution in [2.24, 2.45) is 5.73 Å². The summed E-state index contributed by atoms with van der Waals surface area (Å²) in [5.41, 5.74) is 10.2. The van der Waals surface area contributed by atoms with Gasteiger partial charge in [0.2, 0.25) is 0 Å². The lowest BCUT2D eigenvalue weighted by Crippen LogP contribution is -2.48. The highest BCUT2D eigenvalue weighted by Gasteiger charge is 2.56. The third kappa shape index (κ3) is 2.82. The molecule has 0 spiro atoms. The number of carbonyl (C=O) groups is 1. The van der Waals surface area contributed by atoms with E-state index in [9.17, 15) is 15.0 Å². The molecule has 5 unspecified atom stereocenters. The fourth-order valence-corrected chi connectivity index (χ4v) is 2.98. The van der Waals surface area contributed by atoms with E-state index >= 15 is 0 Å². The van der Waals surface area contributed by atoms with Gasteiger partial charge >= 0.3 is 5.97 Å². The molecule has 0 aliphatic carbocycles. The third-order valence-corrected chi connectivity index (χ3v) is 4.30. The molecule has 2 aromatic rings. The summed E-state index contributed by atoms with van der Waals surface area (Å²) in [5.74, 6) is -0.406. The quantitative estimate of drug-likeness (QED) is 0.502. The number of esters is 1. The number of anilines is 1. The molecule has 25 heavy (non-hydrogen) atoms. The molecule has 3 heterocycles. The molecule has 3 rings (SSSR count). The largest absolute Gasteiger partial charge is 0.455 e. The molecule has 1 saturated heterocycles. The normalized spacial score (nSPS) is 30.5. The van der Waals surface area contributed by atoms with E-state index in [1.54, 1.807) is 16.8 Å². The second-order valence-electron chi connectivity index (χ2n) is 6.30. The Bertz CT molecular complexity index is 790. The topological polar surface area (TPSA) is 159 Å². The van der Waals surface area contributed by atoms with Gasteiger partial charge in [-0.1, -0.05) is 0 Å². The van der Waals surface area contributed by atoms with Crippen molar-refractivity contribution in [3.05, 3.63) is 18.6 Å². The highest BCUT2D eigenvalue weighted by molar-refractivity contribution is 5.86. The fraction of sp³-hybridized carbons (Fsp3) is 0.533. The summed E-state index contributed by atoms with van der Waals surface area (Å²) < 4.78 is 12.6. The molecule has 0 amide bonds. The van der Waals surface area contributed by atoms with Crippen molar-refractivity contribution in [3.63, 3.8) is 0 Å². The number of nitrogen functional groups attached to an aromatic ring is 1. The number of nitrogens with zero attached hydrogens (tertiary/aromatic N) is 3. The highest BCUT2D eigenvalue weighted by Crippen LogP contribution is 2.41. The number of carbonyl (C=O) groups excluding carboxylic acids is 1. The molecule has 0 bridgehead atoms. The molecule has 2 aromatic heterocycles. The molecule has 0 saturated carbocycles. The standard InChI is InChI=1S/C15H21N5O5/c1-7(16)13(22)25-10-9(5-21)24-14(15(10,2)23)20-4-3-8-11(17)18-6-19-12(8)20/h3-4,6-7,9-10,14,21,23H,5,16H2,1-2H3,(H2,17,18,19). The maximum atomic E-state index is 11.9. The van der Waals surface area contributed by atoms with E-state index in [4.69, 9.17) is 20.9 Å². The van der Waals surface area contributed by atoms with Crippen LogP contribution >= 0.6 is 0 Å². The van der Waals surface area contributed by atoms with Gasteiger partial charge < -0.3 is 35.7 Å². The Morgan fingerprint density at radius 3 is 2.92 bits per heavy atom. The number of aliphatic hydroxyl groups excluding tert-OH is 1. The van der Waals surface area contributed by atoms with Crippen LogP contribution < -0.4 is 11.5 Å². The van der Waals surface area contributed by atoms with Gasteiger partial charge in [0.1, 0.15) is 35.5 Å². The number of fused-ring (bicyclic) bond motifs is 1. The zero-order valence-electron chi connectivity index (χ0n) is 13.9. The number of ether oxygens (including phenoxy) is 2. The summed E-state index contributed by atoms with van der Waals surface area (Å²) in [7, 11) is 0. The van der Waals surface area contributed by atoms with Gasteiger partial charge in [-0.15, -0.1) is 0 Å². The predicted octanol–water partition coefficient (Wildman–Crippen LogP) is -1.09. The molecule has 10 nitrogen and oxygen atoms in total. The number of nitrogens with two attached hydrogens (primary N) is 2. The molecule has 1 fully saturated rings. The van der Waals surface area contributed by atoms with Gasteiger partial charge in [0.05, 0.1) is 12.0 Å². The zero-order valence-corrected chi connectivity index (χ0v) is 13.9. The van der Waals surface area contributed by atoms with Crippen LogP contribution in [0.3, 0.4) is 0 Å². The average Bonchev–Trinajstić information content (AvgIpc) is 3.08. The van der Waals surface area contributed by atoms with Crippen molar-refractivity contribution < 1.29 is 24.5 Å². The van der Waals surface area contributed by atoms with Gasteiger partial charge in [-0.2, -0.15) is 0 Å². The summed E-state index contributed by atoms with van der Waals surface area (Å²) >= 11 is 0. The highest BCUT2D eigenvalue weighted by atomic mass is 16.6. The van der Waals surface area contributed by atoms with E-state index in [-0.39, 0.29) is 0 Å². The van der Waals surface area contributed by atoms with E-state index in [2.05, 4.69) is 9.97 Å². The van der Waals surface area contributed by atoms with E-state index in [1.165, 1.54) is 20.2 Å². The molecule has 0 radical (unpaired) electrons. The Morgan fingerprint density at radius 1 is 1.56 bits per heavy atom. The lowest BCUT2D eigenvalue weighted by Gasteiger charge is -2.30. The molecule has 1 aliphatic rings. The summed E-state index contributed by atoms with van der Waals surface area (Å²) in [4.78, 5) is 19.9. The van der Waals surface area contributed by atoms with Crippen LogP contribution in [-0.2, 0) is 14.3 Å². The number of aromatic nitrogens is 3. The monoisotopic (exact) mass is 351 g/mol. The number of hydrogen-bond donors (Lipinski definition) is 4. The van der Waals surface area contributed by atoms with Crippen LogP contribution in [0.4, 0.5) is 5.82 Å². The van der Waals surface area contributed by atoms with Crippen molar-refractivity contribution in [2.45, 2.75) is 43.9 Å². The van der Waals surface area contributed by atoms with Crippen molar-refractivity contribution in [3.8, 4) is 0 Å². The second kappa shape index (κ2) is 6.23. The van der Waals surface area contributed by atoms with Gasteiger partial charge in [-0.05, 0) is 19.9 Å². The van der Waals surface area contributed by atoms with Crippen molar-refractivity contribution >= 4 is 22.8 Å². The maximum Gasteiger partial charge on any atom is 0.323 e. The van der Waals surface area contributed by atoms with Gasteiger partial charge in [-0.25, -0.2) is 9.97 Å². The van der Waals surface area contributed by atoms with Gasteiger partial charge in [-0.3, -0.25) is 4.79 Å². The molecule has 6 N–H and O–H groups in total. The Morgan fingerprint density at radius 2 is 2.28 bits per heavy atom. The fourth-order valence-electron chi connectivity index (χ4n) is 2.98. The van der Waals surface area contributed by atoms with Crippen LogP contribution in [-0.4, -0.2) is 61.2 Å². The minimum Gasteiger partial charge on any atom is -0.455 e. The summed E-state index contributed by atoms with van der Waals surface area (Å²) in [6.45, 7) is 2.49. The molecular formula is C15H21N5O5. The lowest BCUT2D eigenvalue weighted by atomic mass is 9.96. The van der Waals surface area contributed by atoms with Crippen LogP contribution in [0.2, 0.25) is 0 Å². The van der Waals surface area contributed by atoms with Crippen LogP contribution in [0.5, 0.6) is 0 Å². The lowest BCUT2D eigenvalue weighted by molar-refractivity contribution is -0.165. The van der Waals surface area contributed by atoms with Gasteiger partial charge in [0.25, 0.3) is 0 Å². The minimum absolute atomic E-state index is 0.292. The minimum atomic E-state index is -1.64. The second-order valence-corrected chi connectivity index (χ2v) is 6.30. The Balaban J connectivity index is 1.99. The maximum absolute atomic E-state index is 11.9. The van der Waals surface area contributed by atoms with Crippen LogP contribution in [0.25, 0.3) is 11.0 Å². The Labute approximate surface area is 143 Å². The SMILES string of the molecule is CC(N)C(=O)OC1C(CO)OC(n2ccc3c(N)ncnc32)C1(C)O. The number of aliphatic hydroxyl groups is 2. The third-order valence-electron chi connectivity index (χ3n) is 4.30. The first-order chi connectivity index (χ1) is 11.8. The van der Waals surface area contributed by atoms with Crippen molar-refractivity contribution in [1.82, 2.24) is 14.5 Å². The van der Waals surface area contributed by atoms with Gasteiger partial charge in [0.15, 0.2) is 12.3 Å². The molecule has 10 heteroatoms. The van der Waals surface area contributed by atoms with E-state index in [0.717, 1.165) is 0 Å². The smallest absolute Gasteiger partial charge is 0.323 e. The van der Waals surface area contributed by atoms with E-state index in [0.29, 0.717) is 16.9 Å². The number of hydrogen-bond acceptors (Lipinski definition) is 9. The van der Waals surface area contributed by atoms with E-state index in [1.807, 2.05) is 0 Å². The summed E-state index contributed by atoms with van der Waals surface area (Å²) in [6, 6.07) is 0.827. The van der Waals surface area contributed by atoms with Crippen LogP contribution in [0, 0.1) is 0 Å². The first-order valence-corrected chi connectivity index (χ1v) is 7.79. The van der Waals surface area contributed by atoms with Crippen molar-refractivity contribution in [2.75, 3.05) is 12.3 Å². The summed E-state index contributed by atoms with van der Waals surface area (Å²) in [5, 5.41) is 21.2.